The summed E-state index contributed by atoms with van der Waals surface area (Å²) in [5.74, 6) is -0.0634. The summed E-state index contributed by atoms with van der Waals surface area (Å²) in [5.41, 5.74) is 3.68. The molecule has 0 heterocycles. The second kappa shape index (κ2) is 9.36. The summed E-state index contributed by atoms with van der Waals surface area (Å²) >= 11 is 0. The molecule has 2 aromatic rings. The molecule has 0 aromatic heterocycles. The van der Waals surface area contributed by atoms with E-state index < -0.39 is 5.60 Å². The first-order valence-electron chi connectivity index (χ1n) is 10.5. The molecule has 29 heavy (non-hydrogen) atoms. The number of carbonyl (C=O) groups excluding carboxylic acids is 2. The minimum atomic E-state index is -0.427. The largest absolute Gasteiger partial charge is 0.460 e. The number of esters is 1. The molecule has 1 saturated carbocycles. The van der Waals surface area contributed by atoms with Crippen LogP contribution in [0.25, 0.3) is 11.1 Å². The second-order valence-electron chi connectivity index (χ2n) is 8.86. The van der Waals surface area contributed by atoms with Gasteiger partial charge in [0.1, 0.15) is 11.9 Å². The lowest BCUT2D eigenvalue weighted by Gasteiger charge is -2.30. The molecule has 0 radical (unpaired) electrons. The molecule has 1 aliphatic carbocycles. The molecule has 0 atom stereocenters. The van der Waals surface area contributed by atoms with E-state index in [0.29, 0.717) is 18.2 Å². The number of nitrogens with one attached hydrogen (secondary N) is 1. The highest BCUT2D eigenvalue weighted by Gasteiger charge is 2.29. The van der Waals surface area contributed by atoms with Crippen LogP contribution in [0.3, 0.4) is 0 Å². The van der Waals surface area contributed by atoms with Crippen LogP contribution < -0.4 is 5.32 Å². The average molecular weight is 394 g/mol. The van der Waals surface area contributed by atoms with E-state index in [1.54, 1.807) is 0 Å². The smallest absolute Gasteiger partial charge is 0.309 e. The molecule has 0 saturated heterocycles. The highest BCUT2D eigenvalue weighted by molar-refractivity contribution is 5.78. The zero-order valence-corrected chi connectivity index (χ0v) is 17.6. The molecule has 1 aliphatic rings. The predicted octanol–water partition coefficient (Wildman–Crippen LogP) is 5.16. The summed E-state index contributed by atoms with van der Waals surface area (Å²) in [7, 11) is 0. The van der Waals surface area contributed by atoms with Crippen molar-refractivity contribution in [2.75, 3.05) is 0 Å². The Hall–Kier alpha value is -2.46. The van der Waals surface area contributed by atoms with Crippen molar-refractivity contribution in [3.05, 3.63) is 59.7 Å². The summed E-state index contributed by atoms with van der Waals surface area (Å²) in [5, 5.41) is 3.64. The van der Waals surface area contributed by atoms with Gasteiger partial charge in [-0.05, 0) is 69.2 Å². The van der Waals surface area contributed by atoms with Gasteiger partial charge in [0.15, 0.2) is 0 Å². The van der Waals surface area contributed by atoms with Crippen LogP contribution in [-0.2, 0) is 16.1 Å². The van der Waals surface area contributed by atoms with E-state index in [1.165, 1.54) is 0 Å². The van der Waals surface area contributed by atoms with Crippen LogP contribution in [0.2, 0.25) is 0 Å². The van der Waals surface area contributed by atoms with Gasteiger partial charge in [0.2, 0.25) is 0 Å². The number of ether oxygens (including phenoxy) is 1. The first-order valence-corrected chi connectivity index (χ1v) is 10.5. The quantitative estimate of drug-likeness (QED) is 0.544. The fourth-order valence-corrected chi connectivity index (χ4v) is 3.91. The maximum atomic E-state index is 12.3. The molecular weight excluding hydrogens is 362 g/mol. The zero-order chi connectivity index (χ0) is 20.9. The van der Waals surface area contributed by atoms with Crippen LogP contribution in [0.15, 0.2) is 48.5 Å². The number of aldehydes is 1. The fraction of sp³-hybridized carbons (Fsp3) is 0.440. The van der Waals surface area contributed by atoms with Gasteiger partial charge in [-0.2, -0.15) is 0 Å². The van der Waals surface area contributed by atoms with Crippen LogP contribution in [0.4, 0.5) is 0 Å². The Morgan fingerprint density at radius 3 is 2.38 bits per heavy atom. The third-order valence-corrected chi connectivity index (χ3v) is 5.40. The van der Waals surface area contributed by atoms with Gasteiger partial charge in [-0.1, -0.05) is 42.5 Å². The standard InChI is InChI=1S/C25H31NO3/c1-25(2,3)29-24(28)20-10-12-22(13-11-20)26-16-21-15-18(17-27)9-14-23(21)19-7-5-4-6-8-19/h4-9,14-15,17,20,22,26H,10-13,16H2,1-3H3. The molecule has 0 amide bonds. The van der Waals surface area contributed by atoms with Gasteiger partial charge in [-0.25, -0.2) is 0 Å². The summed E-state index contributed by atoms with van der Waals surface area (Å²) in [6.45, 7) is 6.44. The molecule has 0 bridgehead atoms. The first kappa shape index (κ1) is 21.3. The number of hydrogen-bond acceptors (Lipinski definition) is 4. The Kier molecular flexibility index (Phi) is 6.86. The molecule has 4 heteroatoms. The normalized spacial score (nSPS) is 19.6. The summed E-state index contributed by atoms with van der Waals surface area (Å²) < 4.78 is 5.54. The highest BCUT2D eigenvalue weighted by atomic mass is 16.6. The molecule has 2 aromatic carbocycles. The van der Waals surface area contributed by atoms with Crippen LogP contribution in [0.1, 0.15) is 62.4 Å². The van der Waals surface area contributed by atoms with Crippen molar-refractivity contribution in [2.45, 2.75) is 64.6 Å². The Morgan fingerprint density at radius 2 is 1.76 bits per heavy atom. The van der Waals surface area contributed by atoms with E-state index in [0.717, 1.165) is 48.7 Å². The number of benzene rings is 2. The third kappa shape index (κ3) is 6.01. The lowest BCUT2D eigenvalue weighted by atomic mass is 9.85. The van der Waals surface area contributed by atoms with Gasteiger partial charge in [0, 0.05) is 18.2 Å². The van der Waals surface area contributed by atoms with Gasteiger partial charge < -0.3 is 10.1 Å². The molecule has 154 valence electrons. The Labute approximate surface area is 173 Å². The van der Waals surface area contributed by atoms with Crippen LogP contribution in [0.5, 0.6) is 0 Å². The van der Waals surface area contributed by atoms with Crippen LogP contribution in [0, 0.1) is 5.92 Å². The van der Waals surface area contributed by atoms with E-state index in [1.807, 2.05) is 57.2 Å². The van der Waals surface area contributed by atoms with Crippen molar-refractivity contribution in [3.8, 4) is 11.1 Å². The Balaban J connectivity index is 1.61. The number of rotatable bonds is 6. The van der Waals surface area contributed by atoms with E-state index in [9.17, 15) is 9.59 Å². The summed E-state index contributed by atoms with van der Waals surface area (Å²) in [4.78, 5) is 23.5. The van der Waals surface area contributed by atoms with Gasteiger partial charge in [-0.15, -0.1) is 0 Å². The van der Waals surface area contributed by atoms with E-state index in [4.69, 9.17) is 4.74 Å². The van der Waals surface area contributed by atoms with E-state index >= 15 is 0 Å². The minimum absolute atomic E-state index is 0.00514. The number of hydrogen-bond donors (Lipinski definition) is 1. The molecule has 0 spiro atoms. The monoisotopic (exact) mass is 393 g/mol. The van der Waals surface area contributed by atoms with Crippen LogP contribution in [-0.4, -0.2) is 23.9 Å². The van der Waals surface area contributed by atoms with Gasteiger partial charge >= 0.3 is 5.97 Å². The van der Waals surface area contributed by atoms with Crippen LogP contribution >= 0.6 is 0 Å². The zero-order valence-electron chi connectivity index (χ0n) is 17.6. The fourth-order valence-electron chi connectivity index (χ4n) is 3.91. The minimum Gasteiger partial charge on any atom is -0.460 e. The lowest BCUT2D eigenvalue weighted by molar-refractivity contribution is -0.161. The van der Waals surface area contributed by atoms with Crippen molar-refractivity contribution in [2.24, 2.45) is 5.92 Å². The molecule has 0 unspecified atom stereocenters. The number of carbonyl (C=O) groups is 2. The maximum absolute atomic E-state index is 12.3. The lowest BCUT2D eigenvalue weighted by Crippen LogP contribution is -2.36. The average Bonchev–Trinajstić information content (AvgIpc) is 2.72. The Morgan fingerprint density at radius 1 is 1.07 bits per heavy atom. The molecule has 1 fully saturated rings. The second-order valence-corrected chi connectivity index (χ2v) is 8.86. The molecule has 3 rings (SSSR count). The highest BCUT2D eigenvalue weighted by Crippen LogP contribution is 2.28. The van der Waals surface area contributed by atoms with Gasteiger partial charge in [0.25, 0.3) is 0 Å². The molecular formula is C25H31NO3. The third-order valence-electron chi connectivity index (χ3n) is 5.40. The molecule has 0 aliphatic heterocycles. The van der Waals surface area contributed by atoms with Crippen molar-refractivity contribution < 1.29 is 14.3 Å². The Bertz CT molecular complexity index is 831. The summed E-state index contributed by atoms with van der Waals surface area (Å²) in [6.07, 6.45) is 4.51. The van der Waals surface area contributed by atoms with Gasteiger partial charge in [-0.3, -0.25) is 9.59 Å². The van der Waals surface area contributed by atoms with Gasteiger partial charge in [0.05, 0.1) is 5.92 Å². The van der Waals surface area contributed by atoms with E-state index in [-0.39, 0.29) is 11.9 Å². The topological polar surface area (TPSA) is 55.4 Å². The first-order chi connectivity index (χ1) is 13.9. The van der Waals surface area contributed by atoms with Crippen molar-refractivity contribution >= 4 is 12.3 Å². The van der Waals surface area contributed by atoms with Crippen molar-refractivity contribution in [3.63, 3.8) is 0 Å². The maximum Gasteiger partial charge on any atom is 0.309 e. The molecule has 4 nitrogen and oxygen atoms in total. The molecule has 1 N–H and O–H groups in total. The van der Waals surface area contributed by atoms with Crippen molar-refractivity contribution in [1.82, 2.24) is 5.32 Å². The van der Waals surface area contributed by atoms with Crippen molar-refractivity contribution in [1.29, 1.82) is 0 Å². The predicted molar refractivity (Wildman–Crippen MR) is 116 cm³/mol. The van der Waals surface area contributed by atoms with E-state index in [2.05, 4.69) is 17.4 Å². The SMILES string of the molecule is CC(C)(C)OC(=O)C1CCC(NCc2cc(C=O)ccc2-c2ccccc2)CC1. The summed E-state index contributed by atoms with van der Waals surface area (Å²) in [6, 6.07) is 16.5.